The number of guanidine groups is 1. The highest BCUT2D eigenvalue weighted by Crippen LogP contribution is 2.28. The van der Waals surface area contributed by atoms with E-state index in [1.165, 1.54) is 18.4 Å². The van der Waals surface area contributed by atoms with Gasteiger partial charge in [-0.15, -0.1) is 24.0 Å². The molecule has 1 saturated carbocycles. The van der Waals surface area contributed by atoms with Crippen molar-refractivity contribution in [2.45, 2.75) is 58.6 Å². The van der Waals surface area contributed by atoms with Crippen LogP contribution in [0.4, 0.5) is 0 Å². The van der Waals surface area contributed by atoms with Crippen LogP contribution < -0.4 is 15.4 Å². The fourth-order valence-electron chi connectivity index (χ4n) is 3.22. The van der Waals surface area contributed by atoms with E-state index < -0.39 is 0 Å². The zero-order chi connectivity index (χ0) is 20.0. The van der Waals surface area contributed by atoms with E-state index in [4.69, 9.17) is 19.2 Å². The molecule has 1 aromatic rings. The van der Waals surface area contributed by atoms with Gasteiger partial charge in [-0.3, -0.25) is 0 Å². The minimum atomic E-state index is 0. The molecule has 0 spiro atoms. The smallest absolute Gasteiger partial charge is 0.191 e. The number of hydrogen-bond donors (Lipinski definition) is 2. The highest BCUT2D eigenvalue weighted by Gasteiger charge is 2.18. The summed E-state index contributed by atoms with van der Waals surface area (Å²) in [7, 11) is 1.68. The lowest BCUT2D eigenvalue weighted by molar-refractivity contribution is 0.0698. The van der Waals surface area contributed by atoms with Crippen LogP contribution >= 0.6 is 24.0 Å². The number of benzene rings is 1. The molecule has 0 saturated heterocycles. The molecule has 2 N–H and O–H groups in total. The van der Waals surface area contributed by atoms with Gasteiger partial charge in [-0.05, 0) is 57.6 Å². The van der Waals surface area contributed by atoms with Crippen molar-refractivity contribution in [3.05, 3.63) is 29.3 Å². The SMILES string of the molecule is CCNC(=NCc1ccc(C)cc1OC1CCCC1)NCCCOCCOC.I. The molecule has 0 amide bonds. The largest absolute Gasteiger partial charge is 0.490 e. The summed E-state index contributed by atoms with van der Waals surface area (Å²) in [6.45, 7) is 8.42. The van der Waals surface area contributed by atoms with Crippen LogP contribution in [0.5, 0.6) is 5.75 Å². The predicted octanol–water partition coefficient (Wildman–Crippen LogP) is 4.04. The van der Waals surface area contributed by atoms with E-state index in [1.807, 2.05) is 0 Å². The molecule has 0 radical (unpaired) electrons. The minimum Gasteiger partial charge on any atom is -0.490 e. The maximum Gasteiger partial charge on any atom is 0.191 e. The fourth-order valence-corrected chi connectivity index (χ4v) is 3.22. The molecule has 7 heteroatoms. The Morgan fingerprint density at radius 3 is 2.66 bits per heavy atom. The van der Waals surface area contributed by atoms with Gasteiger partial charge in [0.2, 0.25) is 0 Å². The Kier molecular flexibility index (Phi) is 14.1. The summed E-state index contributed by atoms with van der Waals surface area (Å²) >= 11 is 0. The summed E-state index contributed by atoms with van der Waals surface area (Å²) in [5.41, 5.74) is 2.36. The molecule has 0 atom stereocenters. The molecule has 0 aromatic heterocycles. The van der Waals surface area contributed by atoms with Crippen molar-refractivity contribution in [2.75, 3.05) is 40.0 Å². The van der Waals surface area contributed by atoms with Gasteiger partial charge >= 0.3 is 0 Å². The number of methoxy groups -OCH3 is 1. The number of hydrogen-bond acceptors (Lipinski definition) is 4. The van der Waals surface area contributed by atoms with E-state index in [0.717, 1.165) is 49.6 Å². The zero-order valence-corrected chi connectivity index (χ0v) is 20.5. The molecular formula is C22H38IN3O3. The molecule has 0 heterocycles. The summed E-state index contributed by atoms with van der Waals surface area (Å²) in [4.78, 5) is 4.75. The topological polar surface area (TPSA) is 64.1 Å². The predicted molar refractivity (Wildman–Crippen MR) is 130 cm³/mol. The van der Waals surface area contributed by atoms with Gasteiger partial charge in [0.15, 0.2) is 5.96 Å². The Hall–Kier alpha value is -1.06. The first-order valence-electron chi connectivity index (χ1n) is 10.6. The van der Waals surface area contributed by atoms with Crippen LogP contribution in [0.2, 0.25) is 0 Å². The molecule has 1 fully saturated rings. The quantitative estimate of drug-likeness (QED) is 0.189. The third-order valence-corrected chi connectivity index (χ3v) is 4.76. The highest BCUT2D eigenvalue weighted by atomic mass is 127. The van der Waals surface area contributed by atoms with Gasteiger partial charge in [-0.1, -0.05) is 12.1 Å². The average molecular weight is 519 g/mol. The second kappa shape index (κ2) is 15.7. The van der Waals surface area contributed by atoms with Crippen LogP contribution in [-0.2, 0) is 16.0 Å². The van der Waals surface area contributed by atoms with Gasteiger partial charge in [-0.2, -0.15) is 0 Å². The third-order valence-electron chi connectivity index (χ3n) is 4.76. The number of aryl methyl sites for hydroxylation is 1. The zero-order valence-electron chi connectivity index (χ0n) is 18.2. The highest BCUT2D eigenvalue weighted by molar-refractivity contribution is 14.0. The van der Waals surface area contributed by atoms with Crippen molar-refractivity contribution in [1.82, 2.24) is 10.6 Å². The molecule has 0 aliphatic heterocycles. The Morgan fingerprint density at radius 1 is 1.14 bits per heavy atom. The summed E-state index contributed by atoms with van der Waals surface area (Å²) in [6, 6.07) is 6.40. The normalized spacial score (nSPS) is 14.5. The first-order chi connectivity index (χ1) is 13.7. The van der Waals surface area contributed by atoms with Gasteiger partial charge < -0.3 is 24.8 Å². The standard InChI is InChI=1S/C22H37N3O3.HI/c1-4-23-22(24-12-7-13-27-15-14-26-3)25-17-19-11-10-18(2)16-21(19)28-20-8-5-6-9-20;/h10-11,16,20H,4-9,12-15,17H2,1-3H3,(H2,23,24,25);1H. The van der Waals surface area contributed by atoms with Crippen molar-refractivity contribution in [2.24, 2.45) is 4.99 Å². The Morgan fingerprint density at radius 2 is 1.93 bits per heavy atom. The average Bonchev–Trinajstić information content (AvgIpc) is 3.19. The van der Waals surface area contributed by atoms with Gasteiger partial charge in [-0.25, -0.2) is 4.99 Å². The van der Waals surface area contributed by atoms with Crippen LogP contribution in [0.3, 0.4) is 0 Å². The molecule has 1 aliphatic carbocycles. The monoisotopic (exact) mass is 519 g/mol. The Balaban J connectivity index is 0.00000420. The molecule has 1 aromatic carbocycles. The second-order valence-electron chi connectivity index (χ2n) is 7.22. The number of nitrogens with one attached hydrogen (secondary N) is 2. The first-order valence-corrected chi connectivity index (χ1v) is 10.6. The molecule has 166 valence electrons. The third kappa shape index (κ3) is 10.5. The van der Waals surface area contributed by atoms with Gasteiger partial charge in [0, 0.05) is 32.4 Å². The lowest BCUT2D eigenvalue weighted by atomic mass is 10.1. The molecule has 0 bridgehead atoms. The van der Waals surface area contributed by atoms with Crippen LogP contribution in [-0.4, -0.2) is 52.1 Å². The second-order valence-corrected chi connectivity index (χ2v) is 7.22. The molecule has 29 heavy (non-hydrogen) atoms. The van der Waals surface area contributed by atoms with E-state index in [-0.39, 0.29) is 24.0 Å². The fraction of sp³-hybridized carbons (Fsp3) is 0.682. The maximum absolute atomic E-state index is 6.29. The van der Waals surface area contributed by atoms with Crippen LogP contribution in [0.15, 0.2) is 23.2 Å². The number of aliphatic imine (C=N–C) groups is 1. The number of ether oxygens (including phenoxy) is 3. The number of nitrogens with zero attached hydrogens (tertiary/aromatic N) is 1. The summed E-state index contributed by atoms with van der Waals surface area (Å²) in [5, 5.41) is 6.68. The van der Waals surface area contributed by atoms with Gasteiger partial charge in [0.25, 0.3) is 0 Å². The summed E-state index contributed by atoms with van der Waals surface area (Å²) < 4.78 is 16.8. The lowest BCUT2D eigenvalue weighted by Gasteiger charge is -2.17. The Labute approximate surface area is 193 Å². The van der Waals surface area contributed by atoms with Gasteiger partial charge in [0.05, 0.1) is 25.9 Å². The molecule has 1 aliphatic rings. The molecule has 2 rings (SSSR count). The van der Waals surface area contributed by atoms with Crippen LogP contribution in [0.25, 0.3) is 0 Å². The van der Waals surface area contributed by atoms with Crippen molar-refractivity contribution in [3.63, 3.8) is 0 Å². The summed E-state index contributed by atoms with van der Waals surface area (Å²) in [5.74, 6) is 1.81. The first kappa shape index (κ1) is 26.0. The molecular weight excluding hydrogens is 481 g/mol. The number of rotatable bonds is 12. The lowest BCUT2D eigenvalue weighted by Crippen LogP contribution is -2.38. The van der Waals surface area contributed by atoms with Crippen LogP contribution in [0.1, 0.15) is 50.2 Å². The van der Waals surface area contributed by atoms with E-state index in [2.05, 4.69) is 42.7 Å². The van der Waals surface area contributed by atoms with Crippen molar-refractivity contribution < 1.29 is 14.2 Å². The molecule has 0 unspecified atom stereocenters. The summed E-state index contributed by atoms with van der Waals surface area (Å²) in [6.07, 6.45) is 6.14. The van der Waals surface area contributed by atoms with Crippen molar-refractivity contribution >= 4 is 29.9 Å². The molecule has 6 nitrogen and oxygen atoms in total. The van der Waals surface area contributed by atoms with Gasteiger partial charge in [0.1, 0.15) is 5.75 Å². The Bertz CT molecular complexity index is 593. The van der Waals surface area contributed by atoms with E-state index >= 15 is 0 Å². The van der Waals surface area contributed by atoms with Crippen LogP contribution in [0, 0.1) is 6.92 Å². The van der Waals surface area contributed by atoms with Crippen molar-refractivity contribution in [3.8, 4) is 5.75 Å². The maximum atomic E-state index is 6.29. The van der Waals surface area contributed by atoms with E-state index in [9.17, 15) is 0 Å². The van der Waals surface area contributed by atoms with Crippen molar-refractivity contribution in [1.29, 1.82) is 0 Å². The van der Waals surface area contributed by atoms with E-state index in [0.29, 0.717) is 32.5 Å². The number of halogens is 1. The van der Waals surface area contributed by atoms with E-state index in [1.54, 1.807) is 7.11 Å². The minimum absolute atomic E-state index is 0.